The van der Waals surface area contributed by atoms with Crippen LogP contribution in [0.2, 0.25) is 5.02 Å². The average molecular weight is 286 g/mol. The van der Waals surface area contributed by atoms with Gasteiger partial charge in [0.05, 0.1) is 0 Å². The maximum atomic E-state index is 13.5. The Hall–Kier alpha value is -1.26. The van der Waals surface area contributed by atoms with E-state index >= 15 is 0 Å². The van der Waals surface area contributed by atoms with Gasteiger partial charge in [0.1, 0.15) is 11.6 Å². The van der Waals surface area contributed by atoms with Crippen molar-refractivity contribution in [1.29, 1.82) is 0 Å². The van der Waals surface area contributed by atoms with Crippen LogP contribution in [0.15, 0.2) is 41.3 Å². The lowest BCUT2D eigenvalue weighted by molar-refractivity contribution is 0.617. The molecule has 0 aromatic heterocycles. The number of anilines is 1. The molecule has 0 amide bonds. The average Bonchev–Trinajstić information content (AvgIpc) is 2.26. The molecule has 0 saturated heterocycles. The molecular formula is C13H10ClF2NS. The quantitative estimate of drug-likeness (QED) is 0.664. The largest absolute Gasteiger partial charge is 0.399 e. The first kappa shape index (κ1) is 13.2. The van der Waals surface area contributed by atoms with Crippen LogP contribution >= 0.6 is 23.4 Å². The van der Waals surface area contributed by atoms with Crippen molar-refractivity contribution in [1.82, 2.24) is 0 Å². The number of nitrogen functional groups attached to an aromatic ring is 1. The van der Waals surface area contributed by atoms with Gasteiger partial charge in [-0.05, 0) is 35.9 Å². The molecule has 2 aromatic rings. The zero-order chi connectivity index (χ0) is 13.1. The molecule has 0 saturated carbocycles. The minimum Gasteiger partial charge on any atom is -0.399 e. The molecule has 0 heterocycles. The second kappa shape index (κ2) is 5.59. The van der Waals surface area contributed by atoms with Gasteiger partial charge in [0.2, 0.25) is 0 Å². The van der Waals surface area contributed by atoms with Gasteiger partial charge in [-0.3, -0.25) is 0 Å². The summed E-state index contributed by atoms with van der Waals surface area (Å²) in [5, 5.41) is 0.358. The third-order valence-electron chi connectivity index (χ3n) is 2.30. The van der Waals surface area contributed by atoms with Gasteiger partial charge in [-0.1, -0.05) is 17.7 Å². The second-order valence-electron chi connectivity index (χ2n) is 3.74. The van der Waals surface area contributed by atoms with Gasteiger partial charge in [-0.2, -0.15) is 0 Å². The van der Waals surface area contributed by atoms with Gasteiger partial charge in [0.25, 0.3) is 0 Å². The van der Waals surface area contributed by atoms with Crippen molar-refractivity contribution in [3.63, 3.8) is 0 Å². The Morgan fingerprint density at radius 1 is 1.11 bits per heavy atom. The first-order valence-corrected chi connectivity index (χ1v) is 6.54. The second-order valence-corrected chi connectivity index (χ2v) is 5.23. The highest BCUT2D eigenvalue weighted by atomic mass is 35.5. The minimum absolute atomic E-state index is 0.356. The van der Waals surface area contributed by atoms with Crippen LogP contribution in [0.3, 0.4) is 0 Å². The Labute approximate surface area is 113 Å². The van der Waals surface area contributed by atoms with E-state index in [2.05, 4.69) is 0 Å². The molecule has 0 bridgehead atoms. The van der Waals surface area contributed by atoms with Gasteiger partial charge in [-0.15, -0.1) is 11.8 Å². The first-order chi connectivity index (χ1) is 8.54. The molecular weight excluding hydrogens is 276 g/mol. The molecule has 2 N–H and O–H groups in total. The number of benzene rings is 2. The van der Waals surface area contributed by atoms with Crippen molar-refractivity contribution in [3.8, 4) is 0 Å². The predicted octanol–water partition coefficient (Wildman–Crippen LogP) is 4.49. The molecule has 18 heavy (non-hydrogen) atoms. The van der Waals surface area contributed by atoms with Crippen LogP contribution in [0, 0.1) is 11.6 Å². The number of rotatable bonds is 3. The number of hydrogen-bond donors (Lipinski definition) is 1. The monoisotopic (exact) mass is 285 g/mol. The maximum Gasteiger partial charge on any atom is 0.128 e. The fourth-order valence-corrected chi connectivity index (χ4v) is 2.60. The molecule has 0 atom stereocenters. The van der Waals surface area contributed by atoms with E-state index in [1.54, 1.807) is 18.2 Å². The summed E-state index contributed by atoms with van der Waals surface area (Å²) < 4.78 is 26.6. The number of hydrogen-bond acceptors (Lipinski definition) is 2. The van der Waals surface area contributed by atoms with E-state index in [9.17, 15) is 8.78 Å². The normalized spacial score (nSPS) is 10.6. The lowest BCUT2D eigenvalue weighted by Gasteiger charge is -2.05. The highest BCUT2D eigenvalue weighted by molar-refractivity contribution is 7.98. The van der Waals surface area contributed by atoms with Gasteiger partial charge in [0, 0.05) is 21.4 Å². The smallest absolute Gasteiger partial charge is 0.128 e. The lowest BCUT2D eigenvalue weighted by atomic mass is 10.2. The summed E-state index contributed by atoms with van der Waals surface area (Å²) in [5.41, 5.74) is 6.41. The maximum absolute atomic E-state index is 13.5. The molecule has 0 aliphatic rings. The van der Waals surface area contributed by atoms with Gasteiger partial charge < -0.3 is 5.73 Å². The lowest BCUT2D eigenvalue weighted by Crippen LogP contribution is -1.90. The first-order valence-electron chi connectivity index (χ1n) is 5.17. The zero-order valence-corrected chi connectivity index (χ0v) is 10.9. The van der Waals surface area contributed by atoms with E-state index in [-0.39, 0.29) is 5.82 Å². The third-order valence-corrected chi connectivity index (χ3v) is 3.56. The molecule has 0 radical (unpaired) electrons. The summed E-state index contributed by atoms with van der Waals surface area (Å²) in [6.45, 7) is 0. The predicted molar refractivity (Wildman–Crippen MR) is 71.8 cm³/mol. The molecule has 0 aliphatic heterocycles. The summed E-state index contributed by atoms with van der Waals surface area (Å²) in [5.74, 6) is -0.361. The van der Waals surface area contributed by atoms with Crippen LogP contribution in [0.1, 0.15) is 5.56 Å². The number of halogens is 3. The summed E-state index contributed by atoms with van der Waals surface area (Å²) >= 11 is 6.98. The summed E-state index contributed by atoms with van der Waals surface area (Å²) in [4.78, 5) is 0.668. The van der Waals surface area contributed by atoms with E-state index in [0.29, 0.717) is 26.9 Å². The standard InChI is InChI=1S/C13H10ClF2NS/c14-9-2-1-8(13(16)3-9)7-18-12-5-10(15)4-11(17)6-12/h1-6H,7,17H2. The van der Waals surface area contributed by atoms with Crippen molar-refractivity contribution < 1.29 is 8.78 Å². The Morgan fingerprint density at radius 3 is 2.56 bits per heavy atom. The highest BCUT2D eigenvalue weighted by Gasteiger charge is 2.05. The van der Waals surface area contributed by atoms with Crippen LogP contribution in [0.5, 0.6) is 0 Å². The van der Waals surface area contributed by atoms with E-state index in [0.717, 1.165) is 0 Å². The van der Waals surface area contributed by atoms with Crippen LogP contribution in [0.4, 0.5) is 14.5 Å². The molecule has 0 aliphatic carbocycles. The van der Waals surface area contributed by atoms with Crippen molar-refractivity contribution >= 4 is 29.1 Å². The molecule has 94 valence electrons. The van der Waals surface area contributed by atoms with Crippen molar-refractivity contribution in [3.05, 3.63) is 58.6 Å². The van der Waals surface area contributed by atoms with Crippen LogP contribution < -0.4 is 5.73 Å². The third kappa shape index (κ3) is 3.37. The molecule has 0 spiro atoms. The fraction of sp³-hybridized carbons (Fsp3) is 0.0769. The Morgan fingerprint density at radius 2 is 1.89 bits per heavy atom. The highest BCUT2D eigenvalue weighted by Crippen LogP contribution is 2.27. The summed E-state index contributed by atoms with van der Waals surface area (Å²) in [6.07, 6.45) is 0. The molecule has 2 aromatic carbocycles. The molecule has 1 nitrogen and oxygen atoms in total. The fourth-order valence-electron chi connectivity index (χ4n) is 1.47. The van der Waals surface area contributed by atoms with Crippen molar-refractivity contribution in [2.24, 2.45) is 0 Å². The van der Waals surface area contributed by atoms with E-state index < -0.39 is 5.82 Å². The van der Waals surface area contributed by atoms with Crippen molar-refractivity contribution in [2.75, 3.05) is 5.73 Å². The molecule has 0 unspecified atom stereocenters. The van der Waals surface area contributed by atoms with E-state index in [1.165, 1.54) is 30.0 Å². The topological polar surface area (TPSA) is 26.0 Å². The van der Waals surface area contributed by atoms with Gasteiger partial charge in [0.15, 0.2) is 0 Å². The van der Waals surface area contributed by atoms with Gasteiger partial charge in [-0.25, -0.2) is 8.78 Å². The zero-order valence-electron chi connectivity index (χ0n) is 9.29. The number of thioether (sulfide) groups is 1. The van der Waals surface area contributed by atoms with Gasteiger partial charge >= 0.3 is 0 Å². The van der Waals surface area contributed by atoms with Crippen LogP contribution in [0.25, 0.3) is 0 Å². The Balaban J connectivity index is 2.11. The molecule has 2 rings (SSSR count). The van der Waals surface area contributed by atoms with Crippen LogP contribution in [-0.2, 0) is 5.75 Å². The summed E-state index contributed by atoms with van der Waals surface area (Å²) in [7, 11) is 0. The van der Waals surface area contributed by atoms with Crippen molar-refractivity contribution in [2.45, 2.75) is 10.6 Å². The minimum atomic E-state index is -0.394. The SMILES string of the molecule is Nc1cc(F)cc(SCc2ccc(Cl)cc2F)c1. The number of nitrogens with two attached hydrogens (primary N) is 1. The van der Waals surface area contributed by atoms with E-state index in [4.69, 9.17) is 17.3 Å². The summed E-state index contributed by atoms with van der Waals surface area (Å²) in [6, 6.07) is 8.77. The Kier molecular flexibility index (Phi) is 4.09. The molecule has 5 heteroatoms. The van der Waals surface area contributed by atoms with E-state index in [1.807, 2.05) is 0 Å². The Bertz CT molecular complexity index is 555. The molecule has 0 fully saturated rings. The van der Waals surface area contributed by atoms with Crippen LogP contribution in [-0.4, -0.2) is 0 Å².